The lowest BCUT2D eigenvalue weighted by Crippen LogP contribution is -2.37. The molecule has 26 heavy (non-hydrogen) atoms. The fourth-order valence-corrected chi connectivity index (χ4v) is 3.35. The average Bonchev–Trinajstić information content (AvgIpc) is 3.31. The first-order chi connectivity index (χ1) is 12.6. The Kier molecular flexibility index (Phi) is 4.38. The molecule has 7 heteroatoms. The highest BCUT2D eigenvalue weighted by Gasteiger charge is 2.29. The number of rotatable bonds is 6. The van der Waals surface area contributed by atoms with Gasteiger partial charge in [0.05, 0.1) is 6.54 Å². The summed E-state index contributed by atoms with van der Waals surface area (Å²) in [5.74, 6) is 1.27. The number of aromatic nitrogens is 3. The molecule has 2 aromatic rings. The summed E-state index contributed by atoms with van der Waals surface area (Å²) in [7, 11) is 0. The molecule has 7 nitrogen and oxygen atoms in total. The second-order valence-corrected chi connectivity index (χ2v) is 7.31. The Morgan fingerprint density at radius 3 is 2.73 bits per heavy atom. The monoisotopic (exact) mass is 356 g/mol. The Hall–Kier alpha value is -2.44. The second kappa shape index (κ2) is 6.70. The number of pyridine rings is 1. The van der Waals surface area contributed by atoms with Crippen molar-refractivity contribution in [3.63, 3.8) is 0 Å². The molecule has 0 N–H and O–H groups in total. The van der Waals surface area contributed by atoms with E-state index in [1.54, 1.807) is 15.7 Å². The van der Waals surface area contributed by atoms with E-state index in [1.807, 2.05) is 19.9 Å². The van der Waals surface area contributed by atoms with E-state index in [1.165, 1.54) is 6.42 Å². The number of hydrogen-bond donors (Lipinski definition) is 0. The first-order valence-electron chi connectivity index (χ1n) is 9.42. The maximum Gasteiger partial charge on any atom is 0.263 e. The van der Waals surface area contributed by atoms with Crippen LogP contribution < -0.4 is 5.56 Å². The molecule has 0 unspecified atom stereocenters. The zero-order valence-corrected chi connectivity index (χ0v) is 15.3. The van der Waals surface area contributed by atoms with Crippen LogP contribution >= 0.6 is 0 Å². The third kappa shape index (κ3) is 3.06. The summed E-state index contributed by atoms with van der Waals surface area (Å²) < 4.78 is 7.03. The highest BCUT2D eigenvalue weighted by Crippen LogP contribution is 2.35. The Bertz CT molecular complexity index is 877. The van der Waals surface area contributed by atoms with Gasteiger partial charge in [0, 0.05) is 24.7 Å². The molecular weight excluding hydrogens is 332 g/mol. The van der Waals surface area contributed by atoms with Crippen molar-refractivity contribution in [2.24, 2.45) is 0 Å². The number of carbonyl (C=O) groups is 1. The van der Waals surface area contributed by atoms with Crippen LogP contribution in [0.5, 0.6) is 0 Å². The van der Waals surface area contributed by atoms with Crippen molar-refractivity contribution in [3.05, 3.63) is 45.5 Å². The Balaban J connectivity index is 1.56. The number of amides is 1. The van der Waals surface area contributed by atoms with Crippen LogP contribution in [0, 0.1) is 6.92 Å². The van der Waals surface area contributed by atoms with Gasteiger partial charge in [0.2, 0.25) is 5.89 Å². The second-order valence-electron chi connectivity index (χ2n) is 7.31. The van der Waals surface area contributed by atoms with Gasteiger partial charge in [-0.3, -0.25) is 9.59 Å². The van der Waals surface area contributed by atoms with Crippen LogP contribution in [-0.2, 0) is 6.54 Å². The predicted octanol–water partition coefficient (Wildman–Crippen LogP) is 2.80. The fraction of sp³-hybridized carbons (Fsp3) is 0.579. The smallest absolute Gasteiger partial charge is 0.263 e. The van der Waals surface area contributed by atoms with Gasteiger partial charge < -0.3 is 14.0 Å². The molecule has 0 spiro atoms. The summed E-state index contributed by atoms with van der Waals surface area (Å²) in [6.07, 6.45) is 7.17. The zero-order valence-electron chi connectivity index (χ0n) is 15.3. The Labute approximate surface area is 152 Å². The molecular formula is C19H24N4O3. The van der Waals surface area contributed by atoms with Gasteiger partial charge in [-0.15, -0.1) is 0 Å². The first-order valence-corrected chi connectivity index (χ1v) is 9.42. The summed E-state index contributed by atoms with van der Waals surface area (Å²) >= 11 is 0. The number of nitrogens with zero attached hydrogens (tertiary/aromatic N) is 4. The van der Waals surface area contributed by atoms with E-state index in [9.17, 15) is 9.59 Å². The zero-order chi connectivity index (χ0) is 18.3. The van der Waals surface area contributed by atoms with Crippen molar-refractivity contribution < 1.29 is 9.32 Å². The third-order valence-electron chi connectivity index (χ3n) is 5.42. The van der Waals surface area contributed by atoms with Gasteiger partial charge >= 0.3 is 0 Å². The minimum Gasteiger partial charge on any atom is -0.339 e. The molecule has 4 rings (SSSR count). The molecule has 0 saturated heterocycles. The van der Waals surface area contributed by atoms with Crippen molar-refractivity contribution in [1.29, 1.82) is 0 Å². The van der Waals surface area contributed by atoms with Gasteiger partial charge in [0.25, 0.3) is 11.5 Å². The van der Waals surface area contributed by atoms with Gasteiger partial charge in [-0.2, -0.15) is 4.98 Å². The minimum atomic E-state index is -0.264. The van der Waals surface area contributed by atoms with Gasteiger partial charge in [0.1, 0.15) is 5.56 Å². The summed E-state index contributed by atoms with van der Waals surface area (Å²) in [4.78, 5) is 31.9. The lowest BCUT2D eigenvalue weighted by molar-refractivity contribution is 0.0744. The maximum atomic E-state index is 13.1. The van der Waals surface area contributed by atoms with E-state index in [2.05, 4.69) is 10.1 Å². The molecule has 0 atom stereocenters. The first kappa shape index (κ1) is 17.0. The quantitative estimate of drug-likeness (QED) is 0.795. The standard InChI is InChI=1S/C19H24N4O3/c1-3-22(11-15-20-17(26-21-15)13-5-4-6-13)18(24)16-12(2)9-10-23(19(16)25)14-7-8-14/h9-10,13-14H,3-8,11H2,1-2H3. The maximum absolute atomic E-state index is 13.1. The van der Waals surface area contributed by atoms with Crippen molar-refractivity contribution in [2.75, 3.05) is 6.54 Å². The van der Waals surface area contributed by atoms with E-state index in [4.69, 9.17) is 4.52 Å². The number of aryl methyl sites for hydroxylation is 1. The van der Waals surface area contributed by atoms with E-state index >= 15 is 0 Å². The lowest BCUT2D eigenvalue weighted by atomic mass is 9.85. The van der Waals surface area contributed by atoms with Crippen LogP contribution in [0.1, 0.15) is 78.6 Å². The molecule has 0 radical (unpaired) electrons. The molecule has 2 aromatic heterocycles. The molecule has 2 saturated carbocycles. The number of hydrogen-bond acceptors (Lipinski definition) is 5. The van der Waals surface area contributed by atoms with E-state index in [-0.39, 0.29) is 29.6 Å². The van der Waals surface area contributed by atoms with Crippen LogP contribution in [0.25, 0.3) is 0 Å². The molecule has 138 valence electrons. The van der Waals surface area contributed by atoms with Crippen molar-refractivity contribution in [1.82, 2.24) is 19.6 Å². The summed E-state index contributed by atoms with van der Waals surface area (Å²) in [6, 6.07) is 2.09. The highest BCUT2D eigenvalue weighted by molar-refractivity contribution is 5.95. The topological polar surface area (TPSA) is 81.2 Å². The van der Waals surface area contributed by atoms with Gasteiger partial charge in [0.15, 0.2) is 5.82 Å². The number of carbonyl (C=O) groups excluding carboxylic acids is 1. The molecule has 2 heterocycles. The molecule has 0 bridgehead atoms. The van der Waals surface area contributed by atoms with Gasteiger partial charge in [-0.25, -0.2) is 0 Å². The highest BCUT2D eigenvalue weighted by atomic mass is 16.5. The Morgan fingerprint density at radius 2 is 2.12 bits per heavy atom. The summed E-state index contributed by atoms with van der Waals surface area (Å²) in [6.45, 7) is 4.43. The molecule has 1 amide bonds. The largest absolute Gasteiger partial charge is 0.339 e. The van der Waals surface area contributed by atoms with Crippen LogP contribution in [0.15, 0.2) is 21.6 Å². The SMILES string of the molecule is CCN(Cc1noc(C2CCC2)n1)C(=O)c1c(C)ccn(C2CC2)c1=O. The summed E-state index contributed by atoms with van der Waals surface area (Å²) in [5.41, 5.74) is 0.766. The fourth-order valence-electron chi connectivity index (χ4n) is 3.35. The minimum absolute atomic E-state index is 0.195. The molecule has 2 fully saturated rings. The molecule has 2 aliphatic carbocycles. The van der Waals surface area contributed by atoms with E-state index in [0.717, 1.165) is 25.7 Å². The predicted molar refractivity (Wildman–Crippen MR) is 95.0 cm³/mol. The van der Waals surface area contributed by atoms with E-state index < -0.39 is 0 Å². The van der Waals surface area contributed by atoms with Crippen LogP contribution in [0.4, 0.5) is 0 Å². The van der Waals surface area contributed by atoms with E-state index in [0.29, 0.717) is 29.7 Å². The summed E-state index contributed by atoms with van der Waals surface area (Å²) in [5, 5.41) is 4.02. The van der Waals surface area contributed by atoms with Crippen LogP contribution in [0.3, 0.4) is 0 Å². The third-order valence-corrected chi connectivity index (χ3v) is 5.42. The average molecular weight is 356 g/mol. The van der Waals surface area contributed by atoms with Crippen molar-refractivity contribution >= 4 is 5.91 Å². The van der Waals surface area contributed by atoms with Crippen LogP contribution in [0.2, 0.25) is 0 Å². The Morgan fingerprint density at radius 1 is 1.35 bits per heavy atom. The van der Waals surface area contributed by atoms with Crippen molar-refractivity contribution in [2.45, 2.75) is 64.5 Å². The molecule has 0 aliphatic heterocycles. The van der Waals surface area contributed by atoms with Gasteiger partial charge in [-0.05, 0) is 51.2 Å². The normalized spacial score (nSPS) is 17.2. The van der Waals surface area contributed by atoms with Gasteiger partial charge in [-0.1, -0.05) is 11.6 Å². The van der Waals surface area contributed by atoms with Crippen molar-refractivity contribution in [3.8, 4) is 0 Å². The molecule has 2 aliphatic rings. The van der Waals surface area contributed by atoms with Crippen LogP contribution in [-0.4, -0.2) is 32.1 Å². The lowest BCUT2D eigenvalue weighted by Gasteiger charge is -2.21. The molecule has 0 aromatic carbocycles.